The molecule has 1 aliphatic heterocycles. The van der Waals surface area contributed by atoms with Gasteiger partial charge in [-0.15, -0.1) is 0 Å². The van der Waals surface area contributed by atoms with Gasteiger partial charge in [-0.1, -0.05) is 11.2 Å². The molecule has 196 valence electrons. The zero-order valence-corrected chi connectivity index (χ0v) is 20.0. The SMILES string of the molecule is CC(C)(C)OC(=O)NCc1nc(-c2cc3c(N[C@@H]4CCOC[C@H]4F)cccc3n2CC(F)(F)F)no1. The second-order valence-corrected chi connectivity index (χ2v) is 9.47. The first-order valence-electron chi connectivity index (χ1n) is 11.4. The third-order valence-electron chi connectivity index (χ3n) is 5.39. The number of alkyl halides is 4. The van der Waals surface area contributed by atoms with E-state index in [4.69, 9.17) is 14.0 Å². The predicted octanol–water partition coefficient (Wildman–Crippen LogP) is 4.82. The van der Waals surface area contributed by atoms with Gasteiger partial charge in [0.2, 0.25) is 11.7 Å². The van der Waals surface area contributed by atoms with Crippen molar-refractivity contribution < 1.29 is 36.4 Å². The van der Waals surface area contributed by atoms with Crippen LogP contribution in [0.3, 0.4) is 0 Å². The molecule has 0 unspecified atom stereocenters. The number of hydrogen-bond acceptors (Lipinski definition) is 7. The summed E-state index contributed by atoms with van der Waals surface area (Å²) in [5.41, 5.74) is 0.112. The average molecular weight is 513 g/mol. The molecule has 0 spiro atoms. The molecule has 0 bridgehead atoms. The number of anilines is 1. The quantitative estimate of drug-likeness (QED) is 0.456. The lowest BCUT2D eigenvalue weighted by Crippen LogP contribution is -2.39. The lowest BCUT2D eigenvalue weighted by Gasteiger charge is -2.28. The van der Waals surface area contributed by atoms with Gasteiger partial charge in [0.15, 0.2) is 0 Å². The van der Waals surface area contributed by atoms with Crippen molar-refractivity contribution in [3.63, 3.8) is 0 Å². The summed E-state index contributed by atoms with van der Waals surface area (Å²) < 4.78 is 71.2. The minimum absolute atomic E-state index is 0.0134. The van der Waals surface area contributed by atoms with E-state index in [1.807, 2.05) is 0 Å². The van der Waals surface area contributed by atoms with Crippen molar-refractivity contribution in [3.05, 3.63) is 30.2 Å². The van der Waals surface area contributed by atoms with E-state index in [9.17, 15) is 22.4 Å². The Bertz CT molecular complexity index is 1220. The number of alkyl carbamates (subject to hydrolysis) is 1. The van der Waals surface area contributed by atoms with Crippen LogP contribution in [-0.2, 0) is 22.6 Å². The average Bonchev–Trinajstić information content (AvgIpc) is 3.37. The molecule has 36 heavy (non-hydrogen) atoms. The number of halogens is 4. The van der Waals surface area contributed by atoms with E-state index >= 15 is 0 Å². The predicted molar refractivity (Wildman–Crippen MR) is 122 cm³/mol. The molecule has 1 amide bonds. The first kappa shape index (κ1) is 25.7. The molecule has 9 nitrogen and oxygen atoms in total. The molecule has 3 heterocycles. The summed E-state index contributed by atoms with van der Waals surface area (Å²) in [7, 11) is 0. The smallest absolute Gasteiger partial charge is 0.408 e. The Balaban J connectivity index is 1.64. The van der Waals surface area contributed by atoms with Crippen LogP contribution in [0.2, 0.25) is 0 Å². The third-order valence-corrected chi connectivity index (χ3v) is 5.39. The number of amides is 1. The summed E-state index contributed by atoms with van der Waals surface area (Å²) in [4.78, 5) is 16.0. The fourth-order valence-electron chi connectivity index (χ4n) is 3.90. The van der Waals surface area contributed by atoms with Crippen molar-refractivity contribution in [2.24, 2.45) is 0 Å². The van der Waals surface area contributed by atoms with Gasteiger partial charge in [-0.05, 0) is 45.4 Å². The van der Waals surface area contributed by atoms with E-state index in [1.54, 1.807) is 32.9 Å². The summed E-state index contributed by atoms with van der Waals surface area (Å²) in [6.07, 6.45) is -6.06. The largest absolute Gasteiger partial charge is 0.444 e. The van der Waals surface area contributed by atoms with E-state index in [2.05, 4.69) is 20.8 Å². The highest BCUT2D eigenvalue weighted by atomic mass is 19.4. The van der Waals surface area contributed by atoms with Crippen LogP contribution in [0.1, 0.15) is 33.1 Å². The lowest BCUT2D eigenvalue weighted by atomic mass is 10.1. The summed E-state index contributed by atoms with van der Waals surface area (Å²) >= 11 is 0. The molecule has 1 saturated heterocycles. The van der Waals surface area contributed by atoms with Crippen molar-refractivity contribution in [3.8, 4) is 11.5 Å². The fraction of sp³-hybridized carbons (Fsp3) is 0.522. The van der Waals surface area contributed by atoms with Crippen LogP contribution in [0, 0.1) is 0 Å². The highest BCUT2D eigenvalue weighted by molar-refractivity contribution is 5.96. The first-order valence-corrected chi connectivity index (χ1v) is 11.4. The number of carbonyl (C=O) groups is 1. The van der Waals surface area contributed by atoms with Gasteiger partial charge < -0.3 is 29.2 Å². The van der Waals surface area contributed by atoms with Gasteiger partial charge in [0.05, 0.1) is 23.9 Å². The van der Waals surface area contributed by atoms with Crippen molar-refractivity contribution in [1.29, 1.82) is 0 Å². The summed E-state index contributed by atoms with van der Waals surface area (Å²) in [6.45, 7) is 3.99. The summed E-state index contributed by atoms with van der Waals surface area (Å²) in [5, 5.41) is 9.84. The number of nitrogens with one attached hydrogen (secondary N) is 2. The van der Waals surface area contributed by atoms with Crippen LogP contribution in [0.5, 0.6) is 0 Å². The Morgan fingerprint density at radius 1 is 1.28 bits per heavy atom. The van der Waals surface area contributed by atoms with Crippen LogP contribution in [-0.4, -0.2) is 58.0 Å². The standard InChI is InChI=1S/C23H27F4N5O4/c1-22(2,3)35-21(33)28-10-19-30-20(31-36-19)18-9-13-15(29-16-7-8-34-11-14(16)24)5-4-6-17(13)32(18)12-23(25,26)27/h4-6,9,14,16,29H,7-8,10-12H2,1-3H3,(H,28,33)/t14-,16-/m1/s1. The van der Waals surface area contributed by atoms with Crippen LogP contribution in [0.15, 0.2) is 28.8 Å². The fourth-order valence-corrected chi connectivity index (χ4v) is 3.90. The molecule has 0 aliphatic carbocycles. The number of aromatic nitrogens is 3. The zero-order chi connectivity index (χ0) is 26.1. The summed E-state index contributed by atoms with van der Waals surface area (Å²) in [5.74, 6) is -0.0997. The molecule has 0 radical (unpaired) electrons. The van der Waals surface area contributed by atoms with Gasteiger partial charge in [0.1, 0.15) is 24.9 Å². The van der Waals surface area contributed by atoms with Gasteiger partial charge in [-0.3, -0.25) is 0 Å². The van der Waals surface area contributed by atoms with Crippen molar-refractivity contribution in [2.75, 3.05) is 18.5 Å². The Morgan fingerprint density at radius 3 is 2.75 bits per heavy atom. The van der Waals surface area contributed by atoms with Crippen LogP contribution in [0.25, 0.3) is 22.4 Å². The zero-order valence-electron chi connectivity index (χ0n) is 20.0. The molecule has 2 atom stereocenters. The molecule has 1 aromatic carbocycles. The number of carbonyl (C=O) groups excluding carboxylic acids is 1. The van der Waals surface area contributed by atoms with E-state index in [0.29, 0.717) is 24.1 Å². The molecule has 2 aromatic heterocycles. The molecular weight excluding hydrogens is 486 g/mol. The van der Waals surface area contributed by atoms with Gasteiger partial charge in [-0.2, -0.15) is 18.2 Å². The number of nitrogens with zero attached hydrogens (tertiary/aromatic N) is 3. The number of ether oxygens (including phenoxy) is 2. The maximum Gasteiger partial charge on any atom is 0.408 e. The molecule has 1 fully saturated rings. The minimum Gasteiger partial charge on any atom is -0.444 e. The molecule has 0 saturated carbocycles. The number of hydrogen-bond donors (Lipinski definition) is 2. The molecule has 2 N–H and O–H groups in total. The van der Waals surface area contributed by atoms with Crippen molar-refractivity contribution in [2.45, 2.75) is 64.3 Å². The Kier molecular flexibility index (Phi) is 7.12. The second-order valence-electron chi connectivity index (χ2n) is 9.47. The van der Waals surface area contributed by atoms with Crippen LogP contribution in [0.4, 0.5) is 28.0 Å². The van der Waals surface area contributed by atoms with Crippen molar-refractivity contribution >= 4 is 22.7 Å². The monoisotopic (exact) mass is 513 g/mol. The Hall–Kier alpha value is -3.35. The number of fused-ring (bicyclic) bond motifs is 1. The number of benzene rings is 1. The normalized spacial score (nSPS) is 18.9. The molecule has 13 heteroatoms. The van der Waals surface area contributed by atoms with Crippen LogP contribution < -0.4 is 10.6 Å². The Labute approximate surface area is 204 Å². The topological polar surface area (TPSA) is 103 Å². The van der Waals surface area contributed by atoms with Gasteiger partial charge in [-0.25, -0.2) is 9.18 Å². The van der Waals surface area contributed by atoms with E-state index in [1.165, 1.54) is 12.1 Å². The lowest BCUT2D eigenvalue weighted by molar-refractivity contribution is -0.139. The van der Waals surface area contributed by atoms with Crippen molar-refractivity contribution in [1.82, 2.24) is 20.0 Å². The van der Waals surface area contributed by atoms with Crippen LogP contribution >= 0.6 is 0 Å². The van der Waals surface area contributed by atoms with E-state index < -0.39 is 36.6 Å². The first-order chi connectivity index (χ1) is 16.9. The summed E-state index contributed by atoms with van der Waals surface area (Å²) in [6, 6.07) is 5.79. The van der Waals surface area contributed by atoms with E-state index in [-0.39, 0.29) is 36.1 Å². The molecular formula is C23H27F4N5O4. The van der Waals surface area contributed by atoms with Gasteiger partial charge >= 0.3 is 12.3 Å². The van der Waals surface area contributed by atoms with Gasteiger partial charge in [0.25, 0.3) is 0 Å². The third kappa shape index (κ3) is 6.25. The molecule has 1 aliphatic rings. The minimum atomic E-state index is -4.53. The second kappa shape index (κ2) is 9.96. The van der Waals surface area contributed by atoms with Gasteiger partial charge in [0, 0.05) is 17.7 Å². The maximum absolute atomic E-state index is 14.3. The number of rotatable bonds is 6. The Morgan fingerprint density at radius 2 is 2.06 bits per heavy atom. The highest BCUT2D eigenvalue weighted by Gasteiger charge is 2.32. The molecule has 3 aromatic rings. The maximum atomic E-state index is 14.3. The highest BCUT2D eigenvalue weighted by Crippen LogP contribution is 2.35. The molecule has 4 rings (SSSR count). The van der Waals surface area contributed by atoms with E-state index in [0.717, 1.165) is 4.57 Å².